The van der Waals surface area contributed by atoms with Crippen molar-refractivity contribution >= 4 is 28.3 Å². The summed E-state index contributed by atoms with van der Waals surface area (Å²) in [6.45, 7) is 0.941. The molecule has 1 aliphatic carbocycles. The van der Waals surface area contributed by atoms with Crippen LogP contribution in [0.4, 0.5) is 0 Å². The van der Waals surface area contributed by atoms with Crippen LogP contribution in [0.5, 0.6) is 5.75 Å². The van der Waals surface area contributed by atoms with Gasteiger partial charge in [0, 0.05) is 17.8 Å². The third kappa shape index (κ3) is 2.75. The second-order valence-electron chi connectivity index (χ2n) is 5.25. The maximum absolute atomic E-state index is 5.57. The molecular weight excluding hydrogens is 274 g/mol. The molecule has 0 spiro atoms. The zero-order valence-electron chi connectivity index (χ0n) is 11.2. The Balaban J connectivity index is 1.72. The highest BCUT2D eigenvalue weighted by Gasteiger charge is 2.39. The van der Waals surface area contributed by atoms with E-state index in [0.29, 0.717) is 6.04 Å². The number of rotatable bonds is 3. The van der Waals surface area contributed by atoms with Gasteiger partial charge in [-0.05, 0) is 30.5 Å². The Hall–Kier alpha value is -0.740. The summed E-state index contributed by atoms with van der Waals surface area (Å²) in [5, 5.41) is 0.736. The van der Waals surface area contributed by atoms with Crippen molar-refractivity contribution in [3.8, 4) is 5.75 Å². The van der Waals surface area contributed by atoms with Crippen LogP contribution in [0.3, 0.4) is 0 Å². The molecule has 2 fully saturated rings. The van der Waals surface area contributed by atoms with Crippen LogP contribution in [0.25, 0.3) is 0 Å². The maximum Gasteiger partial charge on any atom is 0.137 e. The largest absolute Gasteiger partial charge is 0.497 e. The van der Waals surface area contributed by atoms with Gasteiger partial charge >= 0.3 is 0 Å². The molecule has 0 bridgehead atoms. The number of methoxy groups -OCH3 is 1. The fourth-order valence-corrected chi connectivity index (χ4v) is 4.90. The highest BCUT2D eigenvalue weighted by molar-refractivity contribution is 8.23. The van der Waals surface area contributed by atoms with E-state index in [2.05, 4.69) is 17.0 Å². The second kappa shape index (κ2) is 5.71. The van der Waals surface area contributed by atoms with Crippen LogP contribution >= 0.6 is 24.0 Å². The molecular formula is C15H19NOS2. The number of nitrogens with zero attached hydrogens (tertiary/aromatic N) is 1. The Kier molecular flexibility index (Phi) is 3.99. The van der Waals surface area contributed by atoms with Crippen LogP contribution < -0.4 is 4.74 Å². The Bertz CT molecular complexity index is 460. The van der Waals surface area contributed by atoms with Crippen LogP contribution in [0, 0.1) is 0 Å². The lowest BCUT2D eigenvalue weighted by molar-refractivity contribution is 0.263. The van der Waals surface area contributed by atoms with Crippen molar-refractivity contribution in [1.82, 2.24) is 4.90 Å². The number of ether oxygens (including phenoxy) is 1. The SMILES string of the molecule is COc1ccc(CN2C(=S)SC3CCCCC32)cc1. The van der Waals surface area contributed by atoms with Crippen LogP contribution in [0.2, 0.25) is 0 Å². The van der Waals surface area contributed by atoms with E-state index in [1.54, 1.807) is 7.11 Å². The summed E-state index contributed by atoms with van der Waals surface area (Å²) in [5.41, 5.74) is 1.31. The molecule has 0 aromatic heterocycles. The van der Waals surface area contributed by atoms with E-state index in [0.717, 1.165) is 21.9 Å². The van der Waals surface area contributed by atoms with E-state index < -0.39 is 0 Å². The lowest BCUT2D eigenvalue weighted by atomic mass is 9.94. The van der Waals surface area contributed by atoms with Gasteiger partial charge in [-0.15, -0.1) is 0 Å². The fourth-order valence-electron chi connectivity index (χ4n) is 3.01. The number of fused-ring (bicyclic) bond motifs is 1. The van der Waals surface area contributed by atoms with Gasteiger partial charge < -0.3 is 9.64 Å². The van der Waals surface area contributed by atoms with Gasteiger partial charge in [0.1, 0.15) is 10.1 Å². The number of thiocarbonyl (C=S) groups is 1. The number of hydrogen-bond donors (Lipinski definition) is 0. The van der Waals surface area contributed by atoms with Crippen LogP contribution in [0.1, 0.15) is 31.2 Å². The van der Waals surface area contributed by atoms with Gasteiger partial charge in [-0.1, -0.05) is 49.0 Å². The van der Waals surface area contributed by atoms with E-state index in [1.165, 1.54) is 31.2 Å². The Morgan fingerprint density at radius 3 is 2.74 bits per heavy atom. The van der Waals surface area contributed by atoms with Crippen molar-refractivity contribution in [3.63, 3.8) is 0 Å². The Labute approximate surface area is 124 Å². The molecule has 2 unspecified atom stereocenters. The van der Waals surface area contributed by atoms with Crippen molar-refractivity contribution in [2.45, 2.75) is 43.5 Å². The smallest absolute Gasteiger partial charge is 0.137 e. The van der Waals surface area contributed by atoms with Gasteiger partial charge in [0.25, 0.3) is 0 Å². The molecule has 4 heteroatoms. The summed E-state index contributed by atoms with van der Waals surface area (Å²) in [6.07, 6.45) is 5.35. The summed E-state index contributed by atoms with van der Waals surface area (Å²) >= 11 is 7.48. The second-order valence-corrected chi connectivity index (χ2v) is 7.12. The van der Waals surface area contributed by atoms with E-state index in [4.69, 9.17) is 17.0 Å². The standard InChI is InChI=1S/C15H19NOS2/c1-17-12-8-6-11(7-9-12)10-16-13-4-2-3-5-14(13)19-15(16)18/h6-9,13-14H,2-5,10H2,1H3. The quantitative estimate of drug-likeness (QED) is 0.785. The average Bonchev–Trinajstić information content (AvgIpc) is 2.76. The molecule has 0 amide bonds. The summed E-state index contributed by atoms with van der Waals surface area (Å²) < 4.78 is 6.29. The molecule has 1 saturated heterocycles. The van der Waals surface area contributed by atoms with Crippen molar-refractivity contribution in [2.24, 2.45) is 0 Å². The molecule has 3 rings (SSSR count). The molecule has 1 aromatic carbocycles. The fraction of sp³-hybridized carbons (Fsp3) is 0.533. The summed E-state index contributed by atoms with van der Waals surface area (Å²) in [6, 6.07) is 9.00. The van der Waals surface area contributed by atoms with E-state index in [9.17, 15) is 0 Å². The first-order valence-corrected chi connectivity index (χ1v) is 8.17. The molecule has 2 aliphatic rings. The van der Waals surface area contributed by atoms with Gasteiger partial charge in [-0.25, -0.2) is 0 Å². The minimum atomic E-state index is 0.661. The van der Waals surface area contributed by atoms with Gasteiger partial charge in [0.2, 0.25) is 0 Å². The molecule has 2 atom stereocenters. The molecule has 0 radical (unpaired) electrons. The third-order valence-corrected chi connectivity index (χ3v) is 5.88. The highest BCUT2D eigenvalue weighted by Crippen LogP contribution is 2.41. The number of benzene rings is 1. The maximum atomic E-state index is 5.57. The molecule has 102 valence electrons. The summed E-state index contributed by atoms with van der Waals surface area (Å²) in [7, 11) is 1.70. The topological polar surface area (TPSA) is 12.5 Å². The summed E-state index contributed by atoms with van der Waals surface area (Å²) in [5.74, 6) is 0.915. The zero-order valence-corrected chi connectivity index (χ0v) is 12.8. The first-order chi connectivity index (χ1) is 9.28. The predicted octanol–water partition coefficient (Wildman–Crippen LogP) is 3.84. The number of thioether (sulfide) groups is 1. The number of hydrogen-bond acceptors (Lipinski definition) is 3. The highest BCUT2D eigenvalue weighted by atomic mass is 32.2. The van der Waals surface area contributed by atoms with E-state index in [1.807, 2.05) is 23.9 Å². The van der Waals surface area contributed by atoms with Crippen LogP contribution in [-0.2, 0) is 6.54 Å². The predicted molar refractivity (Wildman–Crippen MR) is 84.8 cm³/mol. The lowest BCUT2D eigenvalue weighted by Crippen LogP contribution is -2.37. The molecule has 2 nitrogen and oxygen atoms in total. The summed E-state index contributed by atoms with van der Waals surface area (Å²) in [4.78, 5) is 2.44. The Morgan fingerprint density at radius 1 is 1.26 bits per heavy atom. The van der Waals surface area contributed by atoms with E-state index in [-0.39, 0.29) is 0 Å². The molecule has 1 heterocycles. The minimum Gasteiger partial charge on any atom is -0.497 e. The first kappa shape index (κ1) is 13.3. The lowest BCUT2D eigenvalue weighted by Gasteiger charge is -2.31. The van der Waals surface area contributed by atoms with Crippen molar-refractivity contribution in [3.05, 3.63) is 29.8 Å². The van der Waals surface area contributed by atoms with Gasteiger partial charge in [0.15, 0.2) is 0 Å². The van der Waals surface area contributed by atoms with Crippen molar-refractivity contribution in [1.29, 1.82) is 0 Å². The Morgan fingerprint density at radius 2 is 2.00 bits per heavy atom. The van der Waals surface area contributed by atoms with Gasteiger partial charge in [0.05, 0.1) is 7.11 Å². The average molecular weight is 293 g/mol. The van der Waals surface area contributed by atoms with Gasteiger partial charge in [-0.2, -0.15) is 0 Å². The molecule has 1 saturated carbocycles. The molecule has 1 aliphatic heterocycles. The molecule has 0 N–H and O–H groups in total. The van der Waals surface area contributed by atoms with Crippen LogP contribution in [-0.4, -0.2) is 27.6 Å². The van der Waals surface area contributed by atoms with Gasteiger partial charge in [-0.3, -0.25) is 0 Å². The zero-order chi connectivity index (χ0) is 13.2. The first-order valence-electron chi connectivity index (χ1n) is 6.88. The van der Waals surface area contributed by atoms with Crippen molar-refractivity contribution in [2.75, 3.05) is 7.11 Å². The van der Waals surface area contributed by atoms with Crippen LogP contribution in [0.15, 0.2) is 24.3 Å². The normalized spacial score (nSPS) is 26.4. The third-order valence-electron chi connectivity index (χ3n) is 4.07. The molecule has 19 heavy (non-hydrogen) atoms. The van der Waals surface area contributed by atoms with Crippen molar-refractivity contribution < 1.29 is 4.74 Å². The monoisotopic (exact) mass is 293 g/mol. The van der Waals surface area contributed by atoms with E-state index >= 15 is 0 Å². The minimum absolute atomic E-state index is 0.661. The molecule has 1 aromatic rings.